The number of aromatic hydroxyl groups is 1. The Bertz CT molecular complexity index is 1020. The highest BCUT2D eigenvalue weighted by Gasteiger charge is 2.42. The molecule has 2 aliphatic heterocycles. The second-order valence-electron chi connectivity index (χ2n) is 9.09. The number of piperidine rings is 1. The number of nitrogens with zero attached hydrogens (tertiary/aromatic N) is 1. The molecule has 0 saturated carbocycles. The molecule has 0 aliphatic carbocycles. The average molecular weight is 491 g/mol. The van der Waals surface area contributed by atoms with Crippen molar-refractivity contribution in [2.24, 2.45) is 0 Å². The molecule has 1 saturated heterocycles. The van der Waals surface area contributed by atoms with E-state index in [-0.39, 0.29) is 35.9 Å². The van der Waals surface area contributed by atoms with Crippen molar-refractivity contribution in [3.8, 4) is 11.5 Å². The lowest BCUT2D eigenvalue weighted by Gasteiger charge is -2.39. The van der Waals surface area contributed by atoms with Crippen LogP contribution in [-0.4, -0.2) is 71.1 Å². The van der Waals surface area contributed by atoms with Crippen LogP contribution >= 0.6 is 11.6 Å². The smallest absolute Gasteiger partial charge is 0.255 e. The first kappa shape index (κ1) is 24.8. The number of hydrogen-bond donors (Lipinski definition) is 4. The molecule has 1 unspecified atom stereocenters. The molecule has 0 bridgehead atoms. The van der Waals surface area contributed by atoms with Gasteiger partial charge in [-0.2, -0.15) is 0 Å². The molecule has 0 aromatic heterocycles. The minimum Gasteiger partial charge on any atom is -0.508 e. The molecule has 2 heterocycles. The van der Waals surface area contributed by atoms with Crippen molar-refractivity contribution in [2.75, 3.05) is 32.8 Å². The summed E-state index contributed by atoms with van der Waals surface area (Å²) in [5.74, 6) is -0.296. The summed E-state index contributed by atoms with van der Waals surface area (Å²) in [6, 6.07) is 9.71. The predicted molar refractivity (Wildman–Crippen MR) is 127 cm³/mol. The van der Waals surface area contributed by atoms with Gasteiger partial charge in [0.05, 0.1) is 24.4 Å². The van der Waals surface area contributed by atoms with Crippen LogP contribution in [0.25, 0.3) is 0 Å². The molecule has 4 N–H and O–H groups in total. The molecule has 2 atom stereocenters. The van der Waals surface area contributed by atoms with E-state index in [0.29, 0.717) is 13.2 Å². The molecule has 2 aromatic carbocycles. The number of phenols is 1. The topological polar surface area (TPSA) is 111 Å². The Kier molecular flexibility index (Phi) is 7.64. The number of hydrogen-bond acceptors (Lipinski definition) is 7. The maximum atomic E-state index is 12.5. The van der Waals surface area contributed by atoms with E-state index >= 15 is 0 Å². The Morgan fingerprint density at radius 2 is 2.03 bits per heavy atom. The first-order valence-corrected chi connectivity index (χ1v) is 11.9. The summed E-state index contributed by atoms with van der Waals surface area (Å²) in [7, 11) is 0. The van der Waals surface area contributed by atoms with Crippen LogP contribution in [0.5, 0.6) is 11.5 Å². The summed E-state index contributed by atoms with van der Waals surface area (Å²) in [4.78, 5) is 14.6. The number of aliphatic hydroxyl groups excluding tert-OH is 2. The number of β-amino-alcohol motifs (C(OH)–C–C–N with tert-alkyl or cyclic N) is 1. The van der Waals surface area contributed by atoms with E-state index in [0.717, 1.165) is 36.5 Å². The third kappa shape index (κ3) is 5.47. The highest BCUT2D eigenvalue weighted by molar-refractivity contribution is 6.30. The first-order valence-electron chi connectivity index (χ1n) is 11.5. The van der Waals surface area contributed by atoms with Crippen LogP contribution in [0.2, 0.25) is 5.02 Å². The lowest BCUT2D eigenvalue weighted by molar-refractivity contribution is -0.0835. The van der Waals surface area contributed by atoms with Crippen LogP contribution in [0.3, 0.4) is 0 Å². The van der Waals surface area contributed by atoms with Crippen molar-refractivity contribution in [2.45, 2.75) is 44.1 Å². The minimum absolute atomic E-state index is 0.0290. The highest BCUT2D eigenvalue weighted by Crippen LogP contribution is 2.44. The number of benzene rings is 2. The van der Waals surface area contributed by atoms with Crippen LogP contribution in [0.1, 0.15) is 41.3 Å². The fourth-order valence-corrected chi connectivity index (χ4v) is 4.83. The van der Waals surface area contributed by atoms with Crippen molar-refractivity contribution >= 4 is 17.5 Å². The molecule has 4 rings (SSSR count). The van der Waals surface area contributed by atoms with Gasteiger partial charge in [-0.3, -0.25) is 4.79 Å². The van der Waals surface area contributed by atoms with E-state index in [1.807, 2.05) is 12.1 Å². The summed E-state index contributed by atoms with van der Waals surface area (Å²) in [6.07, 6.45) is 0.879. The summed E-state index contributed by atoms with van der Waals surface area (Å²) in [5.41, 5.74) is 2.30. The molecule has 184 valence electrons. The van der Waals surface area contributed by atoms with Crippen LogP contribution in [0.4, 0.5) is 0 Å². The molecule has 34 heavy (non-hydrogen) atoms. The second-order valence-corrected chi connectivity index (χ2v) is 9.52. The zero-order valence-electron chi connectivity index (χ0n) is 19.2. The van der Waals surface area contributed by atoms with Gasteiger partial charge in [0.25, 0.3) is 5.91 Å². The molecule has 2 aromatic rings. The lowest BCUT2D eigenvalue weighted by Crippen LogP contribution is -2.46. The Labute approximate surface area is 204 Å². The van der Waals surface area contributed by atoms with E-state index in [1.54, 1.807) is 6.92 Å². The normalized spacial score (nSPS) is 18.9. The molecule has 9 heteroatoms. The number of nitrogens with one attached hydrogen (secondary N) is 1. The summed E-state index contributed by atoms with van der Waals surface area (Å²) in [5, 5.41) is 32.9. The number of fused-ring (bicyclic) bond motifs is 2. The molecule has 1 fully saturated rings. The average Bonchev–Trinajstić information content (AvgIpc) is 3.16. The van der Waals surface area contributed by atoms with Gasteiger partial charge in [-0.05, 0) is 55.2 Å². The Morgan fingerprint density at radius 1 is 1.26 bits per heavy atom. The quantitative estimate of drug-likeness (QED) is 0.449. The van der Waals surface area contributed by atoms with E-state index in [4.69, 9.17) is 26.2 Å². The monoisotopic (exact) mass is 490 g/mol. The van der Waals surface area contributed by atoms with Crippen molar-refractivity contribution in [3.63, 3.8) is 0 Å². The predicted octanol–water partition coefficient (Wildman–Crippen LogP) is 2.42. The molecule has 0 radical (unpaired) electrons. The number of halogens is 1. The van der Waals surface area contributed by atoms with Gasteiger partial charge in [-0.25, -0.2) is 0 Å². The number of carbonyl (C=O) groups excluding carboxylic acids is 1. The number of likely N-dealkylation sites (tertiary alicyclic amines) is 1. The maximum Gasteiger partial charge on any atom is 0.255 e. The van der Waals surface area contributed by atoms with Crippen molar-refractivity contribution in [1.29, 1.82) is 0 Å². The third-order valence-electron chi connectivity index (χ3n) is 6.49. The van der Waals surface area contributed by atoms with Gasteiger partial charge in [0.2, 0.25) is 0 Å². The van der Waals surface area contributed by atoms with Crippen molar-refractivity contribution < 1.29 is 29.6 Å². The summed E-state index contributed by atoms with van der Waals surface area (Å²) < 4.78 is 11.9. The van der Waals surface area contributed by atoms with E-state index in [1.165, 1.54) is 23.8 Å². The zero-order valence-corrected chi connectivity index (χ0v) is 19.9. The van der Waals surface area contributed by atoms with Crippen LogP contribution in [0, 0.1) is 0 Å². The lowest BCUT2D eigenvalue weighted by atomic mass is 9.84. The SMILES string of the molecule is CC(CO)NC(=O)c1ccc(O)cc1OC[C@H](O)CN1CCC2(CC1)OCc1cc(Cl)ccc12. The van der Waals surface area contributed by atoms with Gasteiger partial charge in [0.15, 0.2) is 0 Å². The van der Waals surface area contributed by atoms with Gasteiger partial charge in [0.1, 0.15) is 24.2 Å². The van der Waals surface area contributed by atoms with Crippen LogP contribution < -0.4 is 10.1 Å². The fraction of sp³-hybridized carbons (Fsp3) is 0.480. The van der Waals surface area contributed by atoms with Gasteiger partial charge >= 0.3 is 0 Å². The van der Waals surface area contributed by atoms with Crippen LogP contribution in [-0.2, 0) is 16.9 Å². The molecule has 1 amide bonds. The molecular weight excluding hydrogens is 460 g/mol. The molecule has 1 spiro atoms. The van der Waals surface area contributed by atoms with Crippen molar-refractivity contribution in [1.82, 2.24) is 10.2 Å². The van der Waals surface area contributed by atoms with E-state index < -0.39 is 18.1 Å². The largest absolute Gasteiger partial charge is 0.508 e. The Morgan fingerprint density at radius 3 is 2.76 bits per heavy atom. The fourth-order valence-electron chi connectivity index (χ4n) is 4.63. The highest BCUT2D eigenvalue weighted by atomic mass is 35.5. The van der Waals surface area contributed by atoms with Gasteiger partial charge < -0.3 is 35.0 Å². The van der Waals surface area contributed by atoms with Gasteiger partial charge in [0, 0.05) is 36.8 Å². The Balaban J connectivity index is 1.31. The summed E-state index contributed by atoms with van der Waals surface area (Å²) in [6.45, 7) is 4.00. The minimum atomic E-state index is -0.778. The summed E-state index contributed by atoms with van der Waals surface area (Å²) >= 11 is 6.12. The zero-order chi connectivity index (χ0) is 24.3. The molecular formula is C25H31ClN2O6. The van der Waals surface area contributed by atoms with E-state index in [9.17, 15) is 15.0 Å². The second kappa shape index (κ2) is 10.5. The van der Waals surface area contributed by atoms with Gasteiger partial charge in [-0.15, -0.1) is 0 Å². The van der Waals surface area contributed by atoms with Gasteiger partial charge in [-0.1, -0.05) is 17.7 Å². The van der Waals surface area contributed by atoms with Crippen LogP contribution in [0.15, 0.2) is 36.4 Å². The number of phenolic OH excluding ortho intramolecular Hbond substituents is 1. The van der Waals surface area contributed by atoms with Crippen molar-refractivity contribution in [3.05, 3.63) is 58.1 Å². The number of ether oxygens (including phenoxy) is 2. The first-order chi connectivity index (χ1) is 16.3. The number of amides is 1. The third-order valence-corrected chi connectivity index (χ3v) is 6.72. The molecule has 2 aliphatic rings. The standard InChI is InChI=1S/C25H31ClN2O6/c1-16(13-29)27-24(32)21-4-3-19(30)11-23(21)33-15-20(31)12-28-8-6-25(7-9-28)22-5-2-18(26)10-17(22)14-34-25/h2-5,10-11,16,20,29-31H,6-9,12-15H2,1H3,(H,27,32)/t16?,20-/m1/s1. The molecule has 8 nitrogen and oxygen atoms in total. The number of carbonyl (C=O) groups is 1. The number of rotatable bonds is 8. The maximum absolute atomic E-state index is 12.5. The Hall–Kier alpha value is -2.36. The van der Waals surface area contributed by atoms with E-state index in [2.05, 4.69) is 16.3 Å². The number of aliphatic hydroxyl groups is 2.